The maximum Gasteiger partial charge on any atom is 0.274 e. The fourth-order valence-electron chi connectivity index (χ4n) is 3.79. The number of benzene rings is 2. The van der Waals surface area contributed by atoms with Crippen LogP contribution in [0.2, 0.25) is 0 Å². The predicted octanol–water partition coefficient (Wildman–Crippen LogP) is 5.41. The van der Waals surface area contributed by atoms with Crippen LogP contribution in [0.4, 0.5) is 11.4 Å². The number of imidazole rings is 1. The number of hydrogen-bond acceptors (Lipinski definition) is 4. The first-order valence-corrected chi connectivity index (χ1v) is 11.1. The summed E-state index contributed by atoms with van der Waals surface area (Å²) < 4.78 is 2.23. The summed E-state index contributed by atoms with van der Waals surface area (Å²) in [7, 11) is 0. The van der Waals surface area contributed by atoms with Crippen molar-refractivity contribution < 1.29 is 4.79 Å². The van der Waals surface area contributed by atoms with E-state index in [1.54, 1.807) is 10.8 Å². The molecule has 1 aliphatic heterocycles. The van der Waals surface area contributed by atoms with E-state index in [9.17, 15) is 4.79 Å². The number of amides is 1. The van der Waals surface area contributed by atoms with Gasteiger partial charge in [0, 0.05) is 41.2 Å². The quantitative estimate of drug-likeness (QED) is 0.424. The summed E-state index contributed by atoms with van der Waals surface area (Å²) in [6.07, 6.45) is 2.73. The molecule has 0 spiro atoms. The van der Waals surface area contributed by atoms with E-state index in [-0.39, 0.29) is 5.91 Å². The van der Waals surface area contributed by atoms with Crippen LogP contribution in [-0.4, -0.2) is 22.0 Å². The molecule has 5 nitrogen and oxygen atoms in total. The molecule has 0 saturated heterocycles. The van der Waals surface area contributed by atoms with Crippen molar-refractivity contribution in [3.63, 3.8) is 0 Å². The van der Waals surface area contributed by atoms with E-state index >= 15 is 0 Å². The Kier molecular flexibility index (Phi) is 4.98. The van der Waals surface area contributed by atoms with Crippen LogP contribution in [0.5, 0.6) is 0 Å². The topological polar surface area (TPSA) is 53.1 Å². The third-order valence-corrected chi connectivity index (χ3v) is 6.64. The molecule has 4 aromatic rings. The van der Waals surface area contributed by atoms with Crippen molar-refractivity contribution in [2.45, 2.75) is 13.0 Å². The highest BCUT2D eigenvalue weighted by Gasteiger charge is 2.18. The molecule has 0 fully saturated rings. The summed E-state index contributed by atoms with van der Waals surface area (Å²) in [6.45, 7) is 1.95. The average molecular weight is 433 g/mol. The number of aromatic amines is 1. The van der Waals surface area contributed by atoms with Crippen LogP contribution in [-0.2, 0) is 13.0 Å². The van der Waals surface area contributed by atoms with E-state index in [2.05, 4.69) is 38.8 Å². The number of carbonyl (C=O) groups excluding carboxylic acids is 1. The molecule has 5 rings (SSSR count). The van der Waals surface area contributed by atoms with E-state index in [1.807, 2.05) is 53.8 Å². The van der Waals surface area contributed by atoms with Crippen LogP contribution in [0.25, 0.3) is 5.69 Å². The molecule has 0 bridgehead atoms. The molecule has 3 heterocycles. The Balaban J connectivity index is 1.33. The number of aromatic nitrogens is 2. The second-order valence-electron chi connectivity index (χ2n) is 7.19. The van der Waals surface area contributed by atoms with E-state index in [1.165, 1.54) is 16.1 Å². The lowest BCUT2D eigenvalue weighted by molar-refractivity contribution is 0.102. The van der Waals surface area contributed by atoms with Crippen molar-refractivity contribution in [1.29, 1.82) is 0 Å². The van der Waals surface area contributed by atoms with Crippen molar-refractivity contribution >= 4 is 40.8 Å². The van der Waals surface area contributed by atoms with Crippen molar-refractivity contribution in [2.75, 3.05) is 16.8 Å². The van der Waals surface area contributed by atoms with Gasteiger partial charge in [0.15, 0.2) is 4.77 Å². The number of carbonyl (C=O) groups is 1. The average Bonchev–Trinajstić information content (AvgIpc) is 3.40. The monoisotopic (exact) mass is 432 g/mol. The standard InChI is InChI=1S/C23H20N4OS2/c28-22(20-14-24-23(29)27(20)19-4-2-1-3-5-19)25-17-6-8-18(9-7-17)26-12-10-21-16(15-26)11-13-30-21/h1-9,11,13-14H,10,12,15H2,(H,24,29)(H,25,28). The Morgan fingerprint density at radius 2 is 1.83 bits per heavy atom. The van der Waals surface area contributed by atoms with E-state index in [0.29, 0.717) is 10.5 Å². The lowest BCUT2D eigenvalue weighted by atomic mass is 10.1. The fourth-order valence-corrected chi connectivity index (χ4v) is 4.94. The Hall–Kier alpha value is -3.16. The third-order valence-electron chi connectivity index (χ3n) is 5.32. The van der Waals surface area contributed by atoms with Crippen LogP contribution >= 0.6 is 23.6 Å². The number of nitrogens with zero attached hydrogens (tertiary/aromatic N) is 2. The molecule has 7 heteroatoms. The Morgan fingerprint density at radius 3 is 2.63 bits per heavy atom. The number of hydrogen-bond donors (Lipinski definition) is 2. The zero-order valence-corrected chi connectivity index (χ0v) is 17.8. The molecule has 2 N–H and O–H groups in total. The number of rotatable bonds is 4. The van der Waals surface area contributed by atoms with Crippen molar-refractivity contribution in [3.8, 4) is 5.69 Å². The van der Waals surface area contributed by atoms with Gasteiger partial charge >= 0.3 is 0 Å². The molecule has 150 valence electrons. The zero-order valence-electron chi connectivity index (χ0n) is 16.2. The predicted molar refractivity (Wildman–Crippen MR) is 124 cm³/mol. The highest BCUT2D eigenvalue weighted by Crippen LogP contribution is 2.28. The summed E-state index contributed by atoms with van der Waals surface area (Å²) in [6, 6.07) is 19.9. The maximum atomic E-state index is 12.9. The highest BCUT2D eigenvalue weighted by molar-refractivity contribution is 7.71. The molecule has 1 amide bonds. The van der Waals surface area contributed by atoms with Gasteiger partial charge in [0.2, 0.25) is 0 Å². The molecule has 0 unspecified atom stereocenters. The minimum Gasteiger partial charge on any atom is -0.367 e. The number of para-hydroxylation sites is 1. The highest BCUT2D eigenvalue weighted by atomic mass is 32.1. The first-order valence-electron chi connectivity index (χ1n) is 9.76. The van der Waals surface area contributed by atoms with Crippen molar-refractivity contribution in [2.24, 2.45) is 0 Å². The van der Waals surface area contributed by atoms with E-state index < -0.39 is 0 Å². The van der Waals surface area contributed by atoms with Gasteiger partial charge in [0.05, 0.1) is 0 Å². The second-order valence-corrected chi connectivity index (χ2v) is 8.58. The Labute approximate surface area is 183 Å². The van der Waals surface area contributed by atoms with Crippen LogP contribution in [0, 0.1) is 4.77 Å². The van der Waals surface area contributed by atoms with Gasteiger partial charge in [-0.3, -0.25) is 9.36 Å². The number of nitrogens with one attached hydrogen (secondary N) is 2. The number of anilines is 2. The lowest BCUT2D eigenvalue weighted by Crippen LogP contribution is -2.29. The summed E-state index contributed by atoms with van der Waals surface area (Å²) in [5.74, 6) is -0.208. The van der Waals surface area contributed by atoms with Gasteiger partial charge in [-0.1, -0.05) is 18.2 Å². The Morgan fingerprint density at radius 1 is 1.03 bits per heavy atom. The van der Waals surface area contributed by atoms with Gasteiger partial charge in [-0.2, -0.15) is 0 Å². The van der Waals surface area contributed by atoms with Crippen LogP contribution in [0.3, 0.4) is 0 Å². The third kappa shape index (κ3) is 3.58. The molecule has 30 heavy (non-hydrogen) atoms. The summed E-state index contributed by atoms with van der Waals surface area (Å²) in [5, 5.41) is 5.15. The smallest absolute Gasteiger partial charge is 0.274 e. The SMILES string of the molecule is O=C(Nc1ccc(N2CCc3sccc3C2)cc1)c1c[nH]c(=S)n1-c1ccccc1. The summed E-state index contributed by atoms with van der Waals surface area (Å²) in [5.41, 5.74) is 4.65. The lowest BCUT2D eigenvalue weighted by Gasteiger charge is -2.29. The number of thiophene rings is 1. The molecular weight excluding hydrogens is 412 g/mol. The van der Waals surface area contributed by atoms with E-state index in [0.717, 1.165) is 30.9 Å². The largest absolute Gasteiger partial charge is 0.367 e. The van der Waals surface area contributed by atoms with Gasteiger partial charge in [-0.05, 0) is 72.0 Å². The fraction of sp³-hybridized carbons (Fsp3) is 0.130. The molecule has 1 aliphatic rings. The zero-order chi connectivity index (χ0) is 20.5. The van der Waals surface area contributed by atoms with Gasteiger partial charge in [0.1, 0.15) is 5.69 Å². The first kappa shape index (κ1) is 18.8. The van der Waals surface area contributed by atoms with Crippen LogP contribution < -0.4 is 10.2 Å². The summed E-state index contributed by atoms with van der Waals surface area (Å²) in [4.78, 5) is 19.7. The normalized spacial score (nSPS) is 13.1. The molecule has 0 radical (unpaired) electrons. The van der Waals surface area contributed by atoms with Crippen molar-refractivity contribution in [3.05, 3.63) is 93.1 Å². The molecule has 0 saturated carbocycles. The van der Waals surface area contributed by atoms with Crippen molar-refractivity contribution in [1.82, 2.24) is 9.55 Å². The van der Waals surface area contributed by atoms with Gasteiger partial charge in [0.25, 0.3) is 5.91 Å². The van der Waals surface area contributed by atoms with Gasteiger partial charge in [-0.25, -0.2) is 0 Å². The van der Waals surface area contributed by atoms with E-state index in [4.69, 9.17) is 12.2 Å². The minimum absolute atomic E-state index is 0.208. The molecule has 0 atom stereocenters. The number of H-pyrrole nitrogens is 1. The maximum absolute atomic E-state index is 12.9. The first-order chi connectivity index (χ1) is 14.7. The van der Waals surface area contributed by atoms with Gasteiger partial charge in [-0.15, -0.1) is 11.3 Å². The summed E-state index contributed by atoms with van der Waals surface area (Å²) >= 11 is 7.22. The second kappa shape index (κ2) is 7.93. The number of fused-ring (bicyclic) bond motifs is 1. The molecule has 2 aromatic carbocycles. The molecule has 0 aliphatic carbocycles. The molecule has 2 aromatic heterocycles. The van der Waals surface area contributed by atoms with Gasteiger partial charge < -0.3 is 15.2 Å². The molecular formula is C23H20N4OS2. The van der Waals surface area contributed by atoms with Crippen LogP contribution in [0.15, 0.2) is 72.2 Å². The minimum atomic E-state index is -0.208. The Bertz CT molecular complexity index is 1240. The van der Waals surface area contributed by atoms with Crippen LogP contribution in [0.1, 0.15) is 20.9 Å².